The Hall–Kier alpha value is -7.76. The highest BCUT2D eigenvalue weighted by Gasteiger charge is 2.32. The summed E-state index contributed by atoms with van der Waals surface area (Å²) in [6.45, 7) is 2.36. The van der Waals surface area contributed by atoms with E-state index in [1.165, 1.54) is 24.3 Å². The van der Waals surface area contributed by atoms with E-state index in [-0.39, 0.29) is 61.4 Å². The lowest BCUT2D eigenvalue weighted by atomic mass is 10.1. The van der Waals surface area contributed by atoms with Crippen LogP contribution in [0.1, 0.15) is 23.1 Å². The summed E-state index contributed by atoms with van der Waals surface area (Å²) in [6.07, 6.45) is -0.328. The van der Waals surface area contributed by atoms with E-state index in [9.17, 15) is 80.3 Å². The van der Waals surface area contributed by atoms with Gasteiger partial charge in [0.2, 0.25) is 11.0 Å². The average Bonchev–Trinajstić information content (AvgIpc) is 3.94. The number of thiazole rings is 1. The number of nitriles is 1. The van der Waals surface area contributed by atoms with Crippen molar-refractivity contribution in [2.45, 2.75) is 39.9 Å². The number of hydrogen-bond acceptors (Lipinski definition) is 24. The van der Waals surface area contributed by atoms with Gasteiger partial charge in [-0.05, 0) is 68.3 Å². The number of hydrogen-bond donors (Lipinski definition) is 7. The minimum absolute atomic E-state index is 0.0417. The molecule has 8 rings (SSSR count). The molecule has 0 unspecified atom stereocenters. The lowest BCUT2D eigenvalue weighted by molar-refractivity contribution is 0.317. The summed E-state index contributed by atoms with van der Waals surface area (Å²) in [6, 6.07) is 14.0. The molecule has 0 saturated heterocycles. The number of pyridine rings is 1. The van der Waals surface area contributed by atoms with Crippen LogP contribution in [0.4, 0.5) is 33.6 Å². The van der Waals surface area contributed by atoms with Crippen molar-refractivity contribution in [3.8, 4) is 29.2 Å². The molecule has 0 atom stereocenters. The van der Waals surface area contributed by atoms with Gasteiger partial charge in [0.15, 0.2) is 27.7 Å². The second kappa shape index (κ2) is 19.7. The number of phenols is 1. The normalized spacial score (nSPS) is 13.1. The topological polar surface area (TPSA) is 459 Å². The molecule has 0 amide bonds. The zero-order valence-electron chi connectivity index (χ0n) is 38.3. The Balaban J connectivity index is 1.23. The highest BCUT2D eigenvalue weighted by Crippen LogP contribution is 2.48. The number of para-hydroxylation sites is 2. The van der Waals surface area contributed by atoms with E-state index in [0.717, 1.165) is 31.4 Å². The number of rotatable bonds is 16. The van der Waals surface area contributed by atoms with Crippen molar-refractivity contribution in [3.05, 3.63) is 77.4 Å². The van der Waals surface area contributed by atoms with Gasteiger partial charge in [-0.15, -0.1) is 30.7 Å². The van der Waals surface area contributed by atoms with Crippen LogP contribution >= 0.6 is 11.3 Å². The van der Waals surface area contributed by atoms with Crippen molar-refractivity contribution < 1.29 is 84.5 Å². The predicted molar refractivity (Wildman–Crippen MR) is 265 cm³/mol. The van der Waals surface area contributed by atoms with E-state index in [4.69, 9.17) is 9.47 Å². The van der Waals surface area contributed by atoms with Crippen molar-refractivity contribution in [1.82, 2.24) is 14.4 Å². The van der Waals surface area contributed by atoms with Crippen molar-refractivity contribution in [1.29, 1.82) is 5.26 Å². The molecule has 0 saturated carbocycles. The van der Waals surface area contributed by atoms with E-state index in [2.05, 4.69) is 40.7 Å². The van der Waals surface area contributed by atoms with Crippen LogP contribution in [0.3, 0.4) is 0 Å². The third-order valence-electron chi connectivity index (χ3n) is 10.9. The Labute approximate surface area is 431 Å². The first kappa shape index (κ1) is 54.5. The molecule has 7 N–H and O–H groups in total. The molecular weight excluding hydrogens is 1130 g/mol. The summed E-state index contributed by atoms with van der Waals surface area (Å²) >= 11 is 0.485. The smallest absolute Gasteiger partial charge is 0.299 e. The minimum Gasteiger partial charge on any atom is -0.505 e. The van der Waals surface area contributed by atoms with Crippen LogP contribution in [0.25, 0.3) is 37.7 Å². The summed E-state index contributed by atoms with van der Waals surface area (Å²) in [7, 11) is -25.0. The number of methoxy groups -OCH3 is 1. The maximum Gasteiger partial charge on any atom is 0.299 e. The number of imidazole rings is 1. The zero-order chi connectivity index (χ0) is 55.6. The van der Waals surface area contributed by atoms with Gasteiger partial charge in [-0.2, -0.15) is 47.4 Å². The Morgan fingerprint density at radius 2 is 1.33 bits per heavy atom. The first-order chi connectivity index (χ1) is 35.4. The average molecular weight is 1160 g/mol. The van der Waals surface area contributed by atoms with E-state index in [0.29, 0.717) is 28.4 Å². The van der Waals surface area contributed by atoms with Crippen molar-refractivity contribution in [2.75, 3.05) is 19.5 Å². The molecule has 3 aromatic heterocycles. The van der Waals surface area contributed by atoms with Gasteiger partial charge in [0.05, 0.1) is 46.4 Å². The number of azo groups is 3. The molecular formula is C41H32N10O19S6. The molecule has 76 heavy (non-hydrogen) atoms. The van der Waals surface area contributed by atoms with E-state index >= 15 is 0 Å². The third kappa shape index (κ3) is 10.6. The fourth-order valence-corrected chi connectivity index (χ4v) is 12.3. The molecule has 0 aliphatic rings. The monoisotopic (exact) mass is 1160 g/mol. The van der Waals surface area contributed by atoms with Gasteiger partial charge in [-0.25, -0.2) is 9.97 Å². The quantitative estimate of drug-likeness (QED) is 0.0273. The Morgan fingerprint density at radius 3 is 1.96 bits per heavy atom. The fourth-order valence-electron chi connectivity index (χ4n) is 7.58. The van der Waals surface area contributed by atoms with Crippen LogP contribution in [0.2, 0.25) is 0 Å². The van der Waals surface area contributed by atoms with Crippen LogP contribution in [0.15, 0.2) is 111 Å². The number of fused-ring (bicyclic) bond motifs is 5. The predicted octanol–water partition coefficient (Wildman–Crippen LogP) is 8.05. The number of aryl methyl sites for hydroxylation is 1. The molecule has 35 heteroatoms. The summed E-state index contributed by atoms with van der Waals surface area (Å²) in [5, 5.41) is 55.2. The fraction of sp³-hybridized carbons (Fsp3) is 0.146. The van der Waals surface area contributed by atoms with Gasteiger partial charge >= 0.3 is 0 Å². The zero-order valence-corrected chi connectivity index (χ0v) is 43.2. The summed E-state index contributed by atoms with van der Waals surface area (Å²) in [5.41, 5.74) is -1.86. The van der Waals surface area contributed by atoms with Gasteiger partial charge in [0, 0.05) is 22.4 Å². The van der Waals surface area contributed by atoms with Crippen LogP contribution in [-0.2, 0) is 50.6 Å². The van der Waals surface area contributed by atoms with E-state index in [1.54, 1.807) is 24.3 Å². The lowest BCUT2D eigenvalue weighted by Crippen LogP contribution is -2.08. The van der Waals surface area contributed by atoms with Gasteiger partial charge in [-0.3, -0.25) is 27.2 Å². The molecule has 0 fully saturated rings. The maximum atomic E-state index is 13.1. The summed E-state index contributed by atoms with van der Waals surface area (Å²) < 4.78 is 185. The minimum atomic E-state index is -5.52. The molecule has 0 radical (unpaired) electrons. The highest BCUT2D eigenvalue weighted by molar-refractivity contribution is 7.87. The number of ether oxygens (including phenoxy) is 2. The molecule has 0 aliphatic carbocycles. The van der Waals surface area contributed by atoms with E-state index in [1.807, 2.05) is 6.07 Å². The maximum absolute atomic E-state index is 13.1. The molecule has 0 bridgehead atoms. The highest BCUT2D eigenvalue weighted by atomic mass is 32.2. The van der Waals surface area contributed by atoms with Crippen LogP contribution in [0.5, 0.6) is 23.1 Å². The molecule has 3 heterocycles. The molecule has 8 aromatic rings. The first-order valence-electron chi connectivity index (χ1n) is 20.7. The number of phenolic OH excluding ortho intramolecular Hbond substituents is 1. The van der Waals surface area contributed by atoms with Crippen molar-refractivity contribution >= 4 is 133 Å². The van der Waals surface area contributed by atoms with Crippen LogP contribution < -0.4 is 9.47 Å². The van der Waals surface area contributed by atoms with Crippen molar-refractivity contribution in [3.63, 3.8) is 0 Å². The second-order valence-electron chi connectivity index (χ2n) is 15.8. The second-order valence-corrected chi connectivity index (χ2v) is 23.8. The molecule has 0 spiro atoms. The molecule has 0 aliphatic heterocycles. The lowest BCUT2D eigenvalue weighted by Gasteiger charge is -2.13. The molecule has 29 nitrogen and oxygen atoms in total. The van der Waals surface area contributed by atoms with Gasteiger partial charge in [0.25, 0.3) is 50.6 Å². The summed E-state index contributed by atoms with van der Waals surface area (Å²) in [4.78, 5) is 3.88. The standard InChI is InChI=1S/C41H32N10O19S6/c1-18-13-26(29(70-11-6-12-72(54,55)56)15-25(18)46-50-41-44-27-16-31(74(60,61)62)35(69-3)38(36(27)71-41)76(66,67)68)47-49-33-30(73(57,58)59)14-21-20(34(33)52)9-10-24(37(21)75(63,64)65)45-48-32-19(2)22(17-42)39-43-23-7-4-5-8-28(23)51(39)40(32)53/h4-5,7-10,13-16,52-53H,6,11-12H2,1-3H3,(H,54,55,56)(H,57,58,59)(H,60,61,62)(H,63,64,65)(H,66,67,68). The number of nitrogens with zero attached hydrogens (tertiary/aromatic N) is 10. The van der Waals surface area contributed by atoms with Crippen LogP contribution in [0, 0.1) is 25.2 Å². The number of benzene rings is 5. The first-order valence-corrected chi connectivity index (χ1v) is 28.9. The summed E-state index contributed by atoms with van der Waals surface area (Å²) in [5.74, 6) is -3.75. The Bertz CT molecular complexity index is 4550. The van der Waals surface area contributed by atoms with Gasteiger partial charge in [-0.1, -0.05) is 23.5 Å². The van der Waals surface area contributed by atoms with Gasteiger partial charge < -0.3 is 19.7 Å². The SMILES string of the molecule is COc1c(S(=O)(=O)O)cc2nc(N=Nc3cc(OCCCS(=O)(=O)O)c(N=Nc4c(S(=O)(=O)O)cc5c(S(=O)(=O)O)c(N=Nc6c(C)c(C#N)c7nc8ccccc8n7c6O)ccc5c4O)cc3C)sc2c1S(=O)(=O)O. The molecule has 396 valence electrons. The van der Waals surface area contributed by atoms with Crippen LogP contribution in [-0.4, -0.2) is 109 Å². The Kier molecular flexibility index (Phi) is 14.2. The Morgan fingerprint density at radius 1 is 0.684 bits per heavy atom. The van der Waals surface area contributed by atoms with Crippen molar-refractivity contribution in [2.24, 2.45) is 30.7 Å². The molecule has 5 aromatic carbocycles. The number of aromatic hydroxyl groups is 2. The van der Waals surface area contributed by atoms with E-state index < -0.39 is 128 Å². The van der Waals surface area contributed by atoms with Gasteiger partial charge in [0.1, 0.15) is 49.1 Å². The third-order valence-corrected chi connectivity index (χ3v) is 16.4. The number of aromatic nitrogens is 3. The largest absolute Gasteiger partial charge is 0.505 e.